The summed E-state index contributed by atoms with van der Waals surface area (Å²) in [5.41, 5.74) is 2.71. The summed E-state index contributed by atoms with van der Waals surface area (Å²) in [6.45, 7) is 3.20. The molecule has 0 aromatic heterocycles. The van der Waals surface area contributed by atoms with E-state index in [1.807, 2.05) is 24.3 Å². The van der Waals surface area contributed by atoms with Crippen LogP contribution in [-0.2, 0) is 27.9 Å². The Hall–Kier alpha value is -1.90. The summed E-state index contributed by atoms with van der Waals surface area (Å²) in [5, 5.41) is 2.89. The molecule has 0 aliphatic carbocycles. The molecule has 0 atom stereocenters. The molecule has 162 valence electrons. The maximum absolute atomic E-state index is 12.6. The van der Waals surface area contributed by atoms with Gasteiger partial charge >= 0.3 is 0 Å². The number of piperidine rings is 1. The molecule has 6 nitrogen and oxygen atoms in total. The minimum absolute atomic E-state index is 0.260. The standard InChI is InChI=1S/C22H28BrN3O3S/c1-30(28,29)26(21-11-7-10-20(23)14-21)17-22(27)24-15-18-8-3-4-9-19(18)16-25-12-5-2-6-13-25/h3-4,7-11,14H,2,5-6,12-13,15-17H2,1H3,(H,24,27). The molecule has 0 unspecified atom stereocenters. The zero-order valence-corrected chi connectivity index (χ0v) is 19.6. The van der Waals surface area contributed by atoms with E-state index in [4.69, 9.17) is 0 Å². The van der Waals surface area contributed by atoms with Crippen molar-refractivity contribution in [1.29, 1.82) is 0 Å². The maximum Gasteiger partial charge on any atom is 0.241 e. The molecule has 1 N–H and O–H groups in total. The highest BCUT2D eigenvalue weighted by atomic mass is 79.9. The van der Waals surface area contributed by atoms with E-state index in [0.29, 0.717) is 12.2 Å². The number of hydrogen-bond acceptors (Lipinski definition) is 4. The lowest BCUT2D eigenvalue weighted by molar-refractivity contribution is -0.119. The van der Waals surface area contributed by atoms with Crippen LogP contribution in [0, 0.1) is 0 Å². The zero-order valence-electron chi connectivity index (χ0n) is 17.2. The molecule has 1 fully saturated rings. The maximum atomic E-state index is 12.6. The van der Waals surface area contributed by atoms with Gasteiger partial charge in [0.05, 0.1) is 11.9 Å². The Labute approximate surface area is 187 Å². The molecule has 0 saturated carbocycles. The van der Waals surface area contributed by atoms with Crippen molar-refractivity contribution in [3.8, 4) is 0 Å². The van der Waals surface area contributed by atoms with Gasteiger partial charge in [0.15, 0.2) is 0 Å². The second-order valence-corrected chi connectivity index (χ2v) is 10.5. The van der Waals surface area contributed by atoms with E-state index in [9.17, 15) is 13.2 Å². The van der Waals surface area contributed by atoms with Gasteiger partial charge in [-0.1, -0.05) is 52.7 Å². The van der Waals surface area contributed by atoms with Crippen molar-refractivity contribution in [2.24, 2.45) is 0 Å². The van der Waals surface area contributed by atoms with E-state index < -0.39 is 10.0 Å². The third-order valence-corrected chi connectivity index (χ3v) is 6.85. The number of likely N-dealkylation sites (tertiary alicyclic amines) is 1. The molecule has 30 heavy (non-hydrogen) atoms. The Kier molecular flexibility index (Phi) is 7.91. The van der Waals surface area contributed by atoms with Crippen molar-refractivity contribution in [3.05, 3.63) is 64.1 Å². The van der Waals surface area contributed by atoms with Crippen LogP contribution in [0.15, 0.2) is 53.0 Å². The van der Waals surface area contributed by atoms with Crippen molar-refractivity contribution >= 4 is 37.5 Å². The van der Waals surface area contributed by atoms with Crippen LogP contribution in [0.4, 0.5) is 5.69 Å². The fraction of sp³-hybridized carbons (Fsp3) is 0.409. The molecular formula is C22H28BrN3O3S. The molecule has 1 aliphatic heterocycles. The molecule has 1 amide bonds. The van der Waals surface area contributed by atoms with Gasteiger partial charge in [-0.2, -0.15) is 0 Å². The van der Waals surface area contributed by atoms with Crippen LogP contribution in [-0.4, -0.2) is 45.1 Å². The van der Waals surface area contributed by atoms with Gasteiger partial charge < -0.3 is 5.32 Å². The van der Waals surface area contributed by atoms with Crippen molar-refractivity contribution < 1.29 is 13.2 Å². The number of sulfonamides is 1. The SMILES string of the molecule is CS(=O)(=O)N(CC(=O)NCc1ccccc1CN1CCCCC1)c1cccc(Br)c1. The number of carbonyl (C=O) groups excluding carboxylic acids is 1. The van der Waals surface area contributed by atoms with Gasteiger partial charge in [0.1, 0.15) is 6.54 Å². The lowest BCUT2D eigenvalue weighted by Gasteiger charge is -2.27. The molecule has 2 aromatic carbocycles. The fourth-order valence-corrected chi connectivity index (χ4v) is 4.89. The van der Waals surface area contributed by atoms with Crippen molar-refractivity contribution in [2.75, 3.05) is 30.2 Å². The van der Waals surface area contributed by atoms with Gasteiger partial charge in [-0.3, -0.25) is 14.0 Å². The van der Waals surface area contributed by atoms with Gasteiger partial charge in [-0.25, -0.2) is 8.42 Å². The van der Waals surface area contributed by atoms with E-state index >= 15 is 0 Å². The largest absolute Gasteiger partial charge is 0.350 e. The molecule has 8 heteroatoms. The summed E-state index contributed by atoms with van der Waals surface area (Å²) in [4.78, 5) is 15.0. The molecule has 0 spiro atoms. The van der Waals surface area contributed by atoms with E-state index in [1.54, 1.807) is 18.2 Å². The Balaban J connectivity index is 1.65. The number of amides is 1. The molecule has 2 aromatic rings. The molecule has 1 heterocycles. The number of nitrogens with zero attached hydrogens (tertiary/aromatic N) is 2. The van der Waals surface area contributed by atoms with Gasteiger partial charge in [-0.05, 0) is 55.3 Å². The van der Waals surface area contributed by atoms with Gasteiger partial charge in [-0.15, -0.1) is 0 Å². The number of halogens is 1. The third kappa shape index (κ3) is 6.55. The Morgan fingerprint density at radius 1 is 1.07 bits per heavy atom. The van der Waals surface area contributed by atoms with E-state index in [2.05, 4.69) is 32.2 Å². The highest BCUT2D eigenvalue weighted by Crippen LogP contribution is 2.22. The summed E-state index contributed by atoms with van der Waals surface area (Å²) in [5.74, 6) is -0.340. The Morgan fingerprint density at radius 3 is 2.43 bits per heavy atom. The molecule has 0 bridgehead atoms. The third-order valence-electron chi connectivity index (χ3n) is 5.22. The first-order valence-electron chi connectivity index (χ1n) is 10.1. The molecule has 3 rings (SSSR count). The van der Waals surface area contributed by atoms with Crippen LogP contribution >= 0.6 is 15.9 Å². The number of rotatable bonds is 8. The predicted molar refractivity (Wildman–Crippen MR) is 124 cm³/mol. The number of benzene rings is 2. The van der Waals surface area contributed by atoms with Gasteiger partial charge in [0.2, 0.25) is 15.9 Å². The van der Waals surface area contributed by atoms with Crippen LogP contribution in [0.3, 0.4) is 0 Å². The predicted octanol–water partition coefficient (Wildman–Crippen LogP) is 3.52. The fourth-order valence-electron chi connectivity index (χ4n) is 3.65. The summed E-state index contributed by atoms with van der Waals surface area (Å²) in [6.07, 6.45) is 4.86. The van der Waals surface area contributed by atoms with Gasteiger partial charge in [0, 0.05) is 17.6 Å². The number of anilines is 1. The van der Waals surface area contributed by atoms with Crippen molar-refractivity contribution in [1.82, 2.24) is 10.2 Å². The van der Waals surface area contributed by atoms with Crippen LogP contribution in [0.25, 0.3) is 0 Å². The average Bonchev–Trinajstić information content (AvgIpc) is 2.71. The molecule has 1 saturated heterocycles. The smallest absolute Gasteiger partial charge is 0.241 e. The topological polar surface area (TPSA) is 69.7 Å². The minimum atomic E-state index is -3.60. The quantitative estimate of drug-likeness (QED) is 0.610. The first-order valence-corrected chi connectivity index (χ1v) is 12.8. The number of nitrogens with one attached hydrogen (secondary N) is 1. The van der Waals surface area contributed by atoms with E-state index in [0.717, 1.165) is 40.2 Å². The monoisotopic (exact) mass is 493 g/mol. The first-order chi connectivity index (χ1) is 14.3. The lowest BCUT2D eigenvalue weighted by atomic mass is 10.0. The molecule has 1 aliphatic rings. The minimum Gasteiger partial charge on any atom is -0.350 e. The van der Waals surface area contributed by atoms with Crippen LogP contribution in [0.2, 0.25) is 0 Å². The Morgan fingerprint density at radius 2 is 1.77 bits per heavy atom. The normalized spacial score (nSPS) is 15.0. The second-order valence-electron chi connectivity index (χ2n) is 7.63. The van der Waals surface area contributed by atoms with Crippen LogP contribution in [0.5, 0.6) is 0 Å². The summed E-state index contributed by atoms with van der Waals surface area (Å²) >= 11 is 3.35. The van der Waals surface area contributed by atoms with Crippen LogP contribution in [0.1, 0.15) is 30.4 Å². The van der Waals surface area contributed by atoms with Gasteiger partial charge in [0.25, 0.3) is 0 Å². The highest BCUT2D eigenvalue weighted by molar-refractivity contribution is 9.10. The second kappa shape index (κ2) is 10.4. The number of hydrogen-bond donors (Lipinski definition) is 1. The van der Waals surface area contributed by atoms with Crippen molar-refractivity contribution in [2.45, 2.75) is 32.4 Å². The summed E-state index contributed by atoms with van der Waals surface area (Å²) < 4.78 is 26.4. The molecule has 0 radical (unpaired) electrons. The first kappa shape index (κ1) is 22.8. The summed E-state index contributed by atoms with van der Waals surface area (Å²) in [6, 6.07) is 15.0. The van der Waals surface area contributed by atoms with Crippen molar-refractivity contribution in [3.63, 3.8) is 0 Å². The molecular weight excluding hydrogens is 466 g/mol. The number of carbonyl (C=O) groups is 1. The average molecular weight is 494 g/mol. The van der Waals surface area contributed by atoms with E-state index in [-0.39, 0.29) is 12.5 Å². The highest BCUT2D eigenvalue weighted by Gasteiger charge is 2.21. The Bertz CT molecular complexity index is 975. The van der Waals surface area contributed by atoms with E-state index in [1.165, 1.54) is 24.8 Å². The summed E-state index contributed by atoms with van der Waals surface area (Å²) in [7, 11) is -3.60. The zero-order chi connectivity index (χ0) is 21.6. The van der Waals surface area contributed by atoms with Crippen LogP contribution < -0.4 is 9.62 Å². The lowest BCUT2D eigenvalue weighted by Crippen LogP contribution is -2.40.